The summed E-state index contributed by atoms with van der Waals surface area (Å²) in [6.45, 7) is 3.95. The predicted octanol–water partition coefficient (Wildman–Crippen LogP) is 3.42. The number of carbonyl (C=O) groups is 1. The normalized spacial score (nSPS) is 11.6. The van der Waals surface area contributed by atoms with Crippen molar-refractivity contribution >= 4 is 45.3 Å². The number of para-hydroxylation sites is 3. The van der Waals surface area contributed by atoms with Gasteiger partial charge in [0, 0.05) is 38.6 Å². The largest absolute Gasteiger partial charge is 0.385 e. The van der Waals surface area contributed by atoms with E-state index in [2.05, 4.69) is 20.9 Å². The number of nitrogens with one attached hydrogen (secondary N) is 1. The van der Waals surface area contributed by atoms with Crippen molar-refractivity contribution in [3.05, 3.63) is 60.2 Å². The number of aryl methyl sites for hydroxylation is 3. The van der Waals surface area contributed by atoms with E-state index in [1.54, 1.807) is 11.6 Å². The van der Waals surface area contributed by atoms with Crippen LogP contribution in [0.4, 0.5) is 0 Å². The quantitative estimate of drug-likeness (QED) is 0.182. The van der Waals surface area contributed by atoms with E-state index < -0.39 is 0 Å². The topological polar surface area (TPSA) is 99.2 Å². The number of imidazole rings is 1. The molecule has 5 aromatic rings. The Morgan fingerprint density at radius 2 is 1.86 bits per heavy atom. The molecule has 1 amide bonds. The maximum absolute atomic E-state index is 12.3. The number of aromatic nitrogens is 6. The molecular weight excluding hydrogens is 462 g/mol. The third-order valence-corrected chi connectivity index (χ3v) is 6.71. The highest BCUT2D eigenvalue weighted by Crippen LogP contribution is 2.24. The summed E-state index contributed by atoms with van der Waals surface area (Å²) in [7, 11) is 1.65. The molecule has 0 aliphatic heterocycles. The second kappa shape index (κ2) is 10.4. The Balaban J connectivity index is 1.39. The number of thioether (sulfide) groups is 1. The van der Waals surface area contributed by atoms with E-state index in [0.29, 0.717) is 24.7 Å². The number of methoxy groups -OCH3 is 1. The third-order valence-electron chi connectivity index (χ3n) is 5.78. The molecule has 10 heteroatoms. The number of benzene rings is 2. The standard InChI is InChI=1S/C25H27N7O2S/c1-17-27-20-10-5-6-11-21(20)31(17)14-12-22-29-24-18-8-3-4-9-19(18)28-25(32(24)30-22)35-16-23(33)26-13-7-15-34-2/h3-6,8-11H,7,12-16H2,1-2H3,(H,26,33). The summed E-state index contributed by atoms with van der Waals surface area (Å²) in [5, 5.41) is 9.27. The maximum atomic E-state index is 12.3. The summed E-state index contributed by atoms with van der Waals surface area (Å²) in [5.74, 6) is 1.90. The molecule has 0 unspecified atom stereocenters. The number of hydrogen-bond acceptors (Lipinski definition) is 7. The monoisotopic (exact) mass is 489 g/mol. The summed E-state index contributed by atoms with van der Waals surface area (Å²) in [6, 6.07) is 16.0. The average molecular weight is 490 g/mol. The van der Waals surface area contributed by atoms with E-state index in [9.17, 15) is 4.79 Å². The Hall–Kier alpha value is -3.50. The lowest BCUT2D eigenvalue weighted by Gasteiger charge is -2.07. The average Bonchev–Trinajstić information content (AvgIpc) is 3.44. The Labute approximate surface area is 206 Å². The second-order valence-electron chi connectivity index (χ2n) is 8.21. The minimum absolute atomic E-state index is 0.0444. The SMILES string of the molecule is COCCCNC(=O)CSc1nc2ccccc2c2nc(CCn3c(C)nc4ccccc43)nn12. The van der Waals surface area contributed by atoms with Gasteiger partial charge >= 0.3 is 0 Å². The summed E-state index contributed by atoms with van der Waals surface area (Å²) in [4.78, 5) is 26.6. The first-order valence-corrected chi connectivity index (χ1v) is 12.6. The molecule has 0 aliphatic rings. The van der Waals surface area contributed by atoms with Gasteiger partial charge in [0.15, 0.2) is 16.6 Å². The molecule has 0 atom stereocenters. The van der Waals surface area contributed by atoms with Crippen LogP contribution in [0.1, 0.15) is 18.1 Å². The van der Waals surface area contributed by atoms with Crippen molar-refractivity contribution in [2.45, 2.75) is 31.5 Å². The zero-order valence-electron chi connectivity index (χ0n) is 19.8. The van der Waals surface area contributed by atoms with Crippen molar-refractivity contribution in [3.8, 4) is 0 Å². The first-order valence-electron chi connectivity index (χ1n) is 11.6. The van der Waals surface area contributed by atoms with Crippen molar-refractivity contribution < 1.29 is 9.53 Å². The molecule has 9 nitrogen and oxygen atoms in total. The number of hydrogen-bond donors (Lipinski definition) is 1. The van der Waals surface area contributed by atoms with Crippen molar-refractivity contribution in [1.82, 2.24) is 34.4 Å². The number of rotatable bonds is 10. The van der Waals surface area contributed by atoms with Gasteiger partial charge in [-0.2, -0.15) is 4.52 Å². The first-order chi connectivity index (χ1) is 17.1. The maximum Gasteiger partial charge on any atom is 0.230 e. The van der Waals surface area contributed by atoms with Gasteiger partial charge in [-0.15, -0.1) is 5.10 Å². The van der Waals surface area contributed by atoms with Crippen LogP contribution in [0.25, 0.3) is 27.6 Å². The molecule has 0 saturated heterocycles. The number of ether oxygens (including phenoxy) is 1. The van der Waals surface area contributed by atoms with E-state index in [4.69, 9.17) is 19.8 Å². The molecule has 2 aromatic carbocycles. The zero-order chi connectivity index (χ0) is 24.2. The lowest BCUT2D eigenvalue weighted by molar-refractivity contribution is -0.118. The predicted molar refractivity (Wildman–Crippen MR) is 137 cm³/mol. The number of carbonyl (C=O) groups excluding carboxylic acids is 1. The van der Waals surface area contributed by atoms with Gasteiger partial charge in [-0.1, -0.05) is 36.0 Å². The first kappa shape index (κ1) is 23.3. The van der Waals surface area contributed by atoms with E-state index in [-0.39, 0.29) is 11.7 Å². The molecule has 1 N–H and O–H groups in total. The number of fused-ring (bicyclic) bond motifs is 4. The molecule has 35 heavy (non-hydrogen) atoms. The van der Waals surface area contributed by atoms with Gasteiger partial charge in [0.2, 0.25) is 5.91 Å². The Morgan fingerprint density at radius 1 is 1.06 bits per heavy atom. The molecule has 0 radical (unpaired) electrons. The van der Waals surface area contributed by atoms with Crippen molar-refractivity contribution in [1.29, 1.82) is 0 Å². The summed E-state index contributed by atoms with van der Waals surface area (Å²) >= 11 is 1.36. The third kappa shape index (κ3) is 4.98. The van der Waals surface area contributed by atoms with Crippen LogP contribution in [-0.2, 0) is 22.5 Å². The fourth-order valence-corrected chi connectivity index (χ4v) is 4.86. The summed E-state index contributed by atoms with van der Waals surface area (Å²) in [5.41, 5.74) is 3.68. The van der Waals surface area contributed by atoms with Gasteiger partial charge in [0.1, 0.15) is 5.82 Å². The summed E-state index contributed by atoms with van der Waals surface area (Å²) in [6.07, 6.45) is 1.44. The van der Waals surface area contributed by atoms with Gasteiger partial charge in [0.25, 0.3) is 0 Å². The van der Waals surface area contributed by atoms with Crippen LogP contribution in [-0.4, -0.2) is 61.1 Å². The molecule has 180 valence electrons. The second-order valence-corrected chi connectivity index (χ2v) is 9.15. The lowest BCUT2D eigenvalue weighted by Crippen LogP contribution is -2.27. The highest BCUT2D eigenvalue weighted by Gasteiger charge is 2.16. The van der Waals surface area contributed by atoms with Gasteiger partial charge in [-0.25, -0.2) is 15.0 Å². The highest BCUT2D eigenvalue weighted by molar-refractivity contribution is 7.99. The van der Waals surface area contributed by atoms with Crippen molar-refractivity contribution in [2.24, 2.45) is 0 Å². The minimum atomic E-state index is -0.0444. The highest BCUT2D eigenvalue weighted by atomic mass is 32.2. The van der Waals surface area contributed by atoms with Crippen LogP contribution in [0.15, 0.2) is 53.7 Å². The molecular formula is C25H27N7O2S. The van der Waals surface area contributed by atoms with Crippen molar-refractivity contribution in [2.75, 3.05) is 26.0 Å². The van der Waals surface area contributed by atoms with Crippen LogP contribution < -0.4 is 5.32 Å². The van der Waals surface area contributed by atoms with Crippen LogP contribution in [0.5, 0.6) is 0 Å². The van der Waals surface area contributed by atoms with Gasteiger partial charge in [-0.05, 0) is 37.6 Å². The molecule has 0 bridgehead atoms. The van der Waals surface area contributed by atoms with Crippen molar-refractivity contribution in [3.63, 3.8) is 0 Å². The van der Waals surface area contributed by atoms with Crippen LogP contribution in [0, 0.1) is 6.92 Å². The zero-order valence-corrected chi connectivity index (χ0v) is 20.6. The lowest BCUT2D eigenvalue weighted by atomic mass is 10.2. The van der Waals surface area contributed by atoms with E-state index in [1.165, 1.54) is 11.8 Å². The van der Waals surface area contributed by atoms with Crippen LogP contribution in [0.2, 0.25) is 0 Å². The fraction of sp³-hybridized carbons (Fsp3) is 0.320. The molecule has 3 aromatic heterocycles. The Morgan fingerprint density at radius 3 is 2.71 bits per heavy atom. The van der Waals surface area contributed by atoms with Crippen LogP contribution in [0.3, 0.4) is 0 Å². The number of amides is 1. The molecule has 3 heterocycles. The van der Waals surface area contributed by atoms with Crippen LogP contribution >= 0.6 is 11.8 Å². The van der Waals surface area contributed by atoms with Gasteiger partial charge in [0.05, 0.1) is 22.3 Å². The fourth-order valence-electron chi connectivity index (χ4n) is 4.09. The Kier molecular flexibility index (Phi) is 6.91. The summed E-state index contributed by atoms with van der Waals surface area (Å²) < 4.78 is 8.98. The molecule has 0 aliphatic carbocycles. The minimum Gasteiger partial charge on any atom is -0.385 e. The molecule has 0 saturated carbocycles. The molecule has 0 spiro atoms. The molecule has 0 fully saturated rings. The van der Waals surface area contributed by atoms with E-state index in [0.717, 1.165) is 52.2 Å². The Bertz CT molecular complexity index is 1490. The van der Waals surface area contributed by atoms with E-state index in [1.807, 2.05) is 49.4 Å². The van der Waals surface area contributed by atoms with E-state index >= 15 is 0 Å². The van der Waals surface area contributed by atoms with Gasteiger partial charge < -0.3 is 14.6 Å². The molecule has 5 rings (SSSR count). The van der Waals surface area contributed by atoms with Gasteiger partial charge in [-0.3, -0.25) is 4.79 Å². The number of nitrogens with zero attached hydrogens (tertiary/aromatic N) is 6. The smallest absolute Gasteiger partial charge is 0.230 e.